The summed E-state index contributed by atoms with van der Waals surface area (Å²) in [6.07, 6.45) is 1.61. The first-order chi connectivity index (χ1) is 11.5. The molecular formula is C18H16BrNO2S2. The number of hydrogen-bond donors (Lipinski definition) is 0. The molecule has 0 fully saturated rings. The zero-order valence-electron chi connectivity index (χ0n) is 13.0. The summed E-state index contributed by atoms with van der Waals surface area (Å²) >= 11 is 5.05. The van der Waals surface area contributed by atoms with Crippen molar-refractivity contribution in [2.45, 2.75) is 22.0 Å². The average Bonchev–Trinajstić information content (AvgIpc) is 3.08. The van der Waals surface area contributed by atoms with Crippen molar-refractivity contribution in [3.63, 3.8) is 0 Å². The second kappa shape index (κ2) is 7.17. The number of hydrogen-bond acceptors (Lipinski definition) is 3. The van der Waals surface area contributed by atoms with E-state index in [0.29, 0.717) is 4.90 Å². The largest absolute Gasteiger partial charge is 0.267 e. The van der Waals surface area contributed by atoms with Gasteiger partial charge in [0, 0.05) is 26.5 Å². The van der Waals surface area contributed by atoms with E-state index in [-0.39, 0.29) is 5.25 Å². The lowest BCUT2D eigenvalue weighted by Crippen LogP contribution is -2.15. The third kappa shape index (κ3) is 3.61. The van der Waals surface area contributed by atoms with Gasteiger partial charge >= 0.3 is 0 Å². The highest BCUT2D eigenvalue weighted by Gasteiger charge is 2.22. The van der Waals surface area contributed by atoms with Gasteiger partial charge in [-0.3, -0.25) is 0 Å². The van der Waals surface area contributed by atoms with E-state index in [9.17, 15) is 8.42 Å². The third-order valence-corrected chi connectivity index (χ3v) is 6.97. The van der Waals surface area contributed by atoms with Crippen LogP contribution < -0.4 is 0 Å². The van der Waals surface area contributed by atoms with Crippen LogP contribution >= 0.6 is 27.7 Å². The summed E-state index contributed by atoms with van der Waals surface area (Å²) in [5.41, 5.74) is 0.756. The molecular weight excluding hydrogens is 406 g/mol. The maximum Gasteiger partial charge on any atom is 0.267 e. The Morgan fingerprint density at radius 1 is 0.958 bits per heavy atom. The highest BCUT2D eigenvalue weighted by atomic mass is 79.9. The molecule has 2 aromatic carbocycles. The van der Waals surface area contributed by atoms with Gasteiger partial charge in [-0.25, -0.2) is 12.4 Å². The van der Waals surface area contributed by atoms with E-state index in [0.717, 1.165) is 15.1 Å². The normalized spacial score (nSPS) is 12.9. The lowest BCUT2D eigenvalue weighted by molar-refractivity contribution is 0.585. The zero-order valence-corrected chi connectivity index (χ0v) is 16.2. The molecule has 0 saturated heterocycles. The van der Waals surface area contributed by atoms with Crippen LogP contribution in [0.4, 0.5) is 0 Å². The summed E-state index contributed by atoms with van der Waals surface area (Å²) < 4.78 is 28.1. The first kappa shape index (κ1) is 17.3. The van der Waals surface area contributed by atoms with Crippen LogP contribution in [-0.2, 0) is 10.0 Å². The molecule has 0 radical (unpaired) electrons. The van der Waals surface area contributed by atoms with Crippen molar-refractivity contribution >= 4 is 37.7 Å². The van der Waals surface area contributed by atoms with E-state index < -0.39 is 10.0 Å². The Kier molecular flexibility index (Phi) is 5.18. The van der Waals surface area contributed by atoms with Gasteiger partial charge in [-0.1, -0.05) is 34.1 Å². The maximum absolute atomic E-state index is 12.9. The van der Waals surface area contributed by atoms with Crippen molar-refractivity contribution in [1.29, 1.82) is 0 Å². The van der Waals surface area contributed by atoms with Gasteiger partial charge in [0.05, 0.1) is 4.90 Å². The van der Waals surface area contributed by atoms with E-state index in [4.69, 9.17) is 0 Å². The Morgan fingerprint density at radius 3 is 2.29 bits per heavy atom. The van der Waals surface area contributed by atoms with Crippen molar-refractivity contribution in [3.05, 3.63) is 83.1 Å². The Balaban J connectivity index is 1.91. The predicted octanol–water partition coefficient (Wildman–Crippen LogP) is 5.34. The molecule has 3 aromatic rings. The molecule has 0 saturated carbocycles. The molecule has 0 bridgehead atoms. The number of benzene rings is 2. The van der Waals surface area contributed by atoms with Gasteiger partial charge in [0.25, 0.3) is 10.0 Å². The molecule has 3 nitrogen and oxygen atoms in total. The molecule has 24 heavy (non-hydrogen) atoms. The van der Waals surface area contributed by atoms with E-state index >= 15 is 0 Å². The minimum absolute atomic E-state index is 0.000312. The highest BCUT2D eigenvalue weighted by Crippen LogP contribution is 2.36. The minimum atomic E-state index is -3.57. The number of nitrogens with zero attached hydrogens (tertiary/aromatic N) is 1. The van der Waals surface area contributed by atoms with Crippen molar-refractivity contribution in [1.82, 2.24) is 3.97 Å². The second-order valence-electron chi connectivity index (χ2n) is 5.26. The van der Waals surface area contributed by atoms with Gasteiger partial charge in [-0.2, -0.15) is 0 Å². The molecule has 0 spiro atoms. The zero-order chi connectivity index (χ0) is 17.2. The lowest BCUT2D eigenvalue weighted by Gasteiger charge is -2.16. The molecule has 1 aromatic heterocycles. The van der Waals surface area contributed by atoms with E-state index in [1.54, 1.807) is 48.3 Å². The summed E-state index contributed by atoms with van der Waals surface area (Å²) in [7, 11) is -3.57. The third-order valence-electron chi connectivity index (χ3n) is 3.59. The summed E-state index contributed by atoms with van der Waals surface area (Å²) in [6, 6.07) is 20.1. The van der Waals surface area contributed by atoms with Crippen LogP contribution in [0.25, 0.3) is 0 Å². The summed E-state index contributed by atoms with van der Waals surface area (Å²) in [5, 5.41) is -0.000312. The molecule has 124 valence electrons. The summed E-state index contributed by atoms with van der Waals surface area (Å²) in [5.74, 6) is 0. The van der Waals surface area contributed by atoms with Crippen LogP contribution in [0, 0.1) is 0 Å². The van der Waals surface area contributed by atoms with Gasteiger partial charge in [-0.05, 0) is 55.5 Å². The van der Waals surface area contributed by atoms with Crippen molar-refractivity contribution in [3.8, 4) is 0 Å². The maximum atomic E-state index is 12.9. The fourth-order valence-corrected chi connectivity index (χ4v) is 5.20. The SMILES string of the molecule is CC(Sc1ccc(Br)cc1)c1cccn1S(=O)(=O)c1ccccc1. The second-order valence-corrected chi connectivity index (χ2v) is 9.41. The van der Waals surface area contributed by atoms with Crippen molar-refractivity contribution in [2.24, 2.45) is 0 Å². The minimum Gasteiger partial charge on any atom is -0.245 e. The number of halogens is 1. The Morgan fingerprint density at radius 2 is 1.62 bits per heavy atom. The van der Waals surface area contributed by atoms with Gasteiger partial charge in [0.15, 0.2) is 0 Å². The van der Waals surface area contributed by atoms with Gasteiger partial charge in [0.1, 0.15) is 0 Å². The fraction of sp³-hybridized carbons (Fsp3) is 0.111. The first-order valence-corrected chi connectivity index (χ1v) is 10.5. The van der Waals surface area contributed by atoms with Crippen LogP contribution in [0.2, 0.25) is 0 Å². The lowest BCUT2D eigenvalue weighted by atomic mass is 10.3. The molecule has 6 heteroatoms. The molecule has 1 heterocycles. The molecule has 0 N–H and O–H groups in total. The Bertz CT molecular complexity index is 919. The van der Waals surface area contributed by atoms with Crippen LogP contribution in [0.5, 0.6) is 0 Å². The number of aromatic nitrogens is 1. The number of rotatable bonds is 5. The Hall–Kier alpha value is -1.50. The molecule has 0 aliphatic rings. The van der Waals surface area contributed by atoms with Crippen LogP contribution in [0.3, 0.4) is 0 Å². The predicted molar refractivity (Wildman–Crippen MR) is 102 cm³/mol. The van der Waals surface area contributed by atoms with Crippen LogP contribution in [0.15, 0.2) is 87.2 Å². The highest BCUT2D eigenvalue weighted by molar-refractivity contribution is 9.10. The van der Waals surface area contributed by atoms with E-state index in [1.807, 2.05) is 43.3 Å². The molecule has 0 aliphatic carbocycles. The smallest absolute Gasteiger partial charge is 0.245 e. The van der Waals surface area contributed by atoms with Gasteiger partial charge < -0.3 is 0 Å². The van der Waals surface area contributed by atoms with E-state index in [1.165, 1.54) is 3.97 Å². The van der Waals surface area contributed by atoms with Crippen LogP contribution in [-0.4, -0.2) is 12.4 Å². The van der Waals surface area contributed by atoms with Crippen LogP contribution in [0.1, 0.15) is 17.9 Å². The summed E-state index contributed by atoms with van der Waals surface area (Å²) in [6.45, 7) is 2.01. The Labute approximate surface area is 154 Å². The standard InChI is InChI=1S/C18H16BrNO2S2/c1-14(23-16-11-9-15(19)10-12-16)18-8-5-13-20(18)24(21,22)17-6-3-2-4-7-17/h2-14H,1H3. The topological polar surface area (TPSA) is 39.1 Å². The molecule has 0 amide bonds. The quantitative estimate of drug-likeness (QED) is 0.521. The molecule has 0 aliphatic heterocycles. The van der Waals surface area contributed by atoms with E-state index in [2.05, 4.69) is 15.9 Å². The first-order valence-electron chi connectivity index (χ1n) is 7.38. The number of thioether (sulfide) groups is 1. The fourth-order valence-electron chi connectivity index (χ4n) is 2.40. The van der Waals surface area contributed by atoms with Gasteiger partial charge in [0.2, 0.25) is 0 Å². The van der Waals surface area contributed by atoms with Gasteiger partial charge in [-0.15, -0.1) is 11.8 Å². The van der Waals surface area contributed by atoms with Crippen molar-refractivity contribution in [2.75, 3.05) is 0 Å². The molecule has 1 atom stereocenters. The summed E-state index contributed by atoms with van der Waals surface area (Å²) in [4.78, 5) is 1.39. The molecule has 1 unspecified atom stereocenters. The molecule has 3 rings (SSSR count). The monoisotopic (exact) mass is 421 g/mol. The van der Waals surface area contributed by atoms with Crippen molar-refractivity contribution < 1.29 is 8.42 Å². The average molecular weight is 422 g/mol.